The molecule has 0 aliphatic carbocycles. The topological polar surface area (TPSA) is 44.1 Å². The molecule has 1 aromatic rings. The van der Waals surface area contributed by atoms with Crippen molar-refractivity contribution in [2.24, 2.45) is 0 Å². The Bertz CT molecular complexity index is 568. The summed E-state index contributed by atoms with van der Waals surface area (Å²) in [7, 11) is 0. The molecular formula is C15H13F3N2O. The zero-order valence-electron chi connectivity index (χ0n) is 11.1. The van der Waals surface area contributed by atoms with E-state index in [0.29, 0.717) is 16.0 Å². The van der Waals surface area contributed by atoms with Crippen molar-refractivity contribution in [1.82, 2.24) is 4.90 Å². The second kappa shape index (κ2) is 7.29. The van der Waals surface area contributed by atoms with E-state index in [9.17, 15) is 18.0 Å². The molecule has 0 aromatic heterocycles. The van der Waals surface area contributed by atoms with Crippen LogP contribution in [0.5, 0.6) is 0 Å². The Morgan fingerprint density at radius 1 is 1.33 bits per heavy atom. The van der Waals surface area contributed by atoms with Crippen molar-refractivity contribution < 1.29 is 18.0 Å². The van der Waals surface area contributed by atoms with Crippen molar-refractivity contribution in [3.8, 4) is 6.07 Å². The lowest BCUT2D eigenvalue weighted by Crippen LogP contribution is -2.38. The van der Waals surface area contributed by atoms with Crippen LogP contribution in [-0.2, 0) is 4.79 Å². The lowest BCUT2D eigenvalue weighted by Gasteiger charge is -2.20. The molecule has 0 N–H and O–H groups in total. The molecule has 1 amide bonds. The Hall–Kier alpha value is -2.55. The largest absolute Gasteiger partial charge is 0.406 e. The number of hydrogen-bond acceptors (Lipinski definition) is 2. The Kier molecular flexibility index (Phi) is 5.73. The molecule has 0 saturated heterocycles. The first-order valence-electron chi connectivity index (χ1n) is 6.00. The summed E-state index contributed by atoms with van der Waals surface area (Å²) in [6.45, 7) is 1.83. The van der Waals surface area contributed by atoms with Crippen molar-refractivity contribution in [3.63, 3.8) is 0 Å². The van der Waals surface area contributed by atoms with Crippen LogP contribution >= 0.6 is 0 Å². The van der Waals surface area contributed by atoms with E-state index in [1.807, 2.05) is 6.07 Å². The van der Waals surface area contributed by atoms with Gasteiger partial charge in [0.15, 0.2) is 0 Å². The van der Waals surface area contributed by atoms with Crippen LogP contribution in [0, 0.1) is 11.3 Å². The van der Waals surface area contributed by atoms with Crippen LogP contribution in [0.3, 0.4) is 0 Å². The minimum Gasteiger partial charge on any atom is -0.326 e. The Labute approximate surface area is 120 Å². The normalized spacial score (nSPS) is 11.1. The lowest BCUT2D eigenvalue weighted by atomic mass is 10.1. The second-order valence-electron chi connectivity index (χ2n) is 4.19. The quantitative estimate of drug-likeness (QED) is 0.618. The number of halogens is 3. The average molecular weight is 294 g/mol. The molecule has 0 heterocycles. The molecule has 110 valence electrons. The highest BCUT2D eigenvalue weighted by molar-refractivity contribution is 5.91. The zero-order valence-corrected chi connectivity index (χ0v) is 11.1. The predicted octanol–water partition coefficient (Wildman–Crippen LogP) is 3.15. The minimum absolute atomic E-state index is 0.184. The van der Waals surface area contributed by atoms with Crippen LogP contribution in [0.1, 0.15) is 11.1 Å². The number of amides is 1. The monoisotopic (exact) mass is 294 g/mol. The molecule has 0 atom stereocenters. The van der Waals surface area contributed by atoms with Crippen molar-refractivity contribution in [2.75, 3.05) is 13.1 Å². The van der Waals surface area contributed by atoms with Gasteiger partial charge in [0.2, 0.25) is 5.91 Å². The predicted molar refractivity (Wildman–Crippen MR) is 73.0 cm³/mol. The Morgan fingerprint density at radius 2 is 1.95 bits per heavy atom. The van der Waals surface area contributed by atoms with Crippen molar-refractivity contribution in [1.29, 1.82) is 5.26 Å². The summed E-state index contributed by atoms with van der Waals surface area (Å²) in [5.74, 6) is -0.753. The summed E-state index contributed by atoms with van der Waals surface area (Å²) in [6, 6.07) is 8.26. The highest BCUT2D eigenvalue weighted by atomic mass is 19.4. The van der Waals surface area contributed by atoms with Crippen LogP contribution in [-0.4, -0.2) is 30.1 Å². The smallest absolute Gasteiger partial charge is 0.326 e. The van der Waals surface area contributed by atoms with Crippen LogP contribution in [0.25, 0.3) is 6.08 Å². The first kappa shape index (κ1) is 16.5. The van der Waals surface area contributed by atoms with Gasteiger partial charge in [-0.2, -0.15) is 18.4 Å². The highest BCUT2D eigenvalue weighted by Crippen LogP contribution is 2.17. The molecule has 0 saturated carbocycles. The number of carbonyl (C=O) groups is 1. The molecule has 0 fully saturated rings. The summed E-state index contributed by atoms with van der Waals surface area (Å²) in [5, 5.41) is 8.64. The van der Waals surface area contributed by atoms with Gasteiger partial charge in [-0.05, 0) is 23.8 Å². The third-order valence-electron chi connectivity index (χ3n) is 2.49. The first-order chi connectivity index (χ1) is 9.85. The van der Waals surface area contributed by atoms with E-state index in [0.717, 1.165) is 6.08 Å². The zero-order chi connectivity index (χ0) is 15.9. The van der Waals surface area contributed by atoms with Crippen LogP contribution in [0.15, 0.2) is 43.0 Å². The van der Waals surface area contributed by atoms with Crippen LogP contribution < -0.4 is 0 Å². The first-order valence-corrected chi connectivity index (χ1v) is 6.00. The molecule has 21 heavy (non-hydrogen) atoms. The summed E-state index contributed by atoms with van der Waals surface area (Å²) in [5.41, 5.74) is 1.08. The van der Waals surface area contributed by atoms with Gasteiger partial charge in [-0.15, -0.1) is 6.58 Å². The summed E-state index contributed by atoms with van der Waals surface area (Å²) < 4.78 is 37.1. The number of nitriles is 1. The fourth-order valence-corrected chi connectivity index (χ4v) is 1.55. The SMILES string of the molecule is C=CCN(CC(F)(F)F)C(=O)/C=C\c1ccc(C#N)cc1. The van der Waals surface area contributed by atoms with Gasteiger partial charge in [-0.25, -0.2) is 0 Å². The third-order valence-corrected chi connectivity index (χ3v) is 2.49. The summed E-state index contributed by atoms with van der Waals surface area (Å²) in [4.78, 5) is 12.4. The van der Waals surface area contributed by atoms with Crippen molar-refractivity contribution in [2.45, 2.75) is 6.18 Å². The standard InChI is InChI=1S/C15H13F3N2O/c1-2-9-20(11-15(16,17)18)14(21)8-7-12-3-5-13(10-19)6-4-12/h2-8H,1,9,11H2/b8-7-. The Balaban J connectivity index is 2.77. The van der Waals surface area contributed by atoms with E-state index in [1.165, 1.54) is 12.2 Å². The maximum Gasteiger partial charge on any atom is 0.406 e. The number of carbonyl (C=O) groups excluding carboxylic acids is 1. The van der Waals surface area contributed by atoms with E-state index < -0.39 is 18.6 Å². The molecule has 0 aliphatic rings. The number of nitrogens with zero attached hydrogens (tertiary/aromatic N) is 2. The van der Waals surface area contributed by atoms with Crippen LogP contribution in [0.4, 0.5) is 13.2 Å². The van der Waals surface area contributed by atoms with Gasteiger partial charge < -0.3 is 4.90 Å². The molecular weight excluding hydrogens is 281 g/mol. The van der Waals surface area contributed by atoms with Gasteiger partial charge in [0.05, 0.1) is 11.6 Å². The maximum absolute atomic E-state index is 12.4. The fraction of sp³-hybridized carbons (Fsp3) is 0.200. The molecule has 1 rings (SSSR count). The van der Waals surface area contributed by atoms with Gasteiger partial charge in [-0.3, -0.25) is 4.79 Å². The number of rotatable bonds is 5. The molecule has 3 nitrogen and oxygen atoms in total. The van der Waals surface area contributed by atoms with Crippen molar-refractivity contribution in [3.05, 3.63) is 54.1 Å². The second-order valence-corrected chi connectivity index (χ2v) is 4.19. The highest BCUT2D eigenvalue weighted by Gasteiger charge is 2.31. The molecule has 0 spiro atoms. The molecule has 0 aliphatic heterocycles. The Morgan fingerprint density at radius 3 is 2.43 bits per heavy atom. The maximum atomic E-state index is 12.4. The van der Waals surface area contributed by atoms with Gasteiger partial charge in [0.1, 0.15) is 6.54 Å². The van der Waals surface area contributed by atoms with Gasteiger partial charge >= 0.3 is 6.18 Å². The van der Waals surface area contributed by atoms with Gasteiger partial charge in [-0.1, -0.05) is 18.2 Å². The third kappa shape index (κ3) is 5.95. The minimum atomic E-state index is -4.46. The summed E-state index contributed by atoms with van der Waals surface area (Å²) in [6.07, 6.45) is -0.757. The fourth-order valence-electron chi connectivity index (χ4n) is 1.55. The van der Waals surface area contributed by atoms with E-state index in [-0.39, 0.29) is 6.54 Å². The average Bonchev–Trinajstić information content (AvgIpc) is 2.43. The van der Waals surface area contributed by atoms with E-state index >= 15 is 0 Å². The molecule has 6 heteroatoms. The van der Waals surface area contributed by atoms with Crippen LogP contribution in [0.2, 0.25) is 0 Å². The molecule has 1 aromatic carbocycles. The van der Waals surface area contributed by atoms with Gasteiger partial charge in [0, 0.05) is 12.6 Å². The lowest BCUT2D eigenvalue weighted by molar-refractivity contribution is -0.157. The molecule has 0 unspecified atom stereocenters. The molecule has 0 radical (unpaired) electrons. The molecule has 0 bridgehead atoms. The van der Waals surface area contributed by atoms with Gasteiger partial charge in [0.25, 0.3) is 0 Å². The van der Waals surface area contributed by atoms with E-state index in [4.69, 9.17) is 5.26 Å². The number of hydrogen-bond donors (Lipinski definition) is 0. The van der Waals surface area contributed by atoms with Crippen molar-refractivity contribution >= 4 is 12.0 Å². The number of benzene rings is 1. The van der Waals surface area contributed by atoms with E-state index in [1.54, 1.807) is 24.3 Å². The number of alkyl halides is 3. The summed E-state index contributed by atoms with van der Waals surface area (Å²) >= 11 is 0. The van der Waals surface area contributed by atoms with E-state index in [2.05, 4.69) is 6.58 Å².